The summed E-state index contributed by atoms with van der Waals surface area (Å²) in [6, 6.07) is 0. The zero-order valence-electron chi connectivity index (χ0n) is 10.5. The molecule has 0 aliphatic heterocycles. The van der Waals surface area contributed by atoms with Crippen molar-refractivity contribution in [1.82, 2.24) is 5.32 Å². The molecule has 0 bridgehead atoms. The van der Waals surface area contributed by atoms with Crippen LogP contribution in [-0.2, 0) is 22.9 Å². The Bertz CT molecular complexity index is 301. The number of amides is 1. The molecular formula is C9H19N2O6P. The molecule has 3 N–H and O–H groups in total. The summed E-state index contributed by atoms with van der Waals surface area (Å²) in [7, 11) is -3.62. The van der Waals surface area contributed by atoms with Crippen molar-refractivity contribution in [2.24, 2.45) is 5.73 Å². The Morgan fingerprint density at radius 3 is 2.39 bits per heavy atom. The summed E-state index contributed by atoms with van der Waals surface area (Å²) in [5.74, 6) is 0. The number of hydrogen-bond acceptors (Lipinski definition) is 7. The van der Waals surface area contributed by atoms with Crippen LogP contribution in [-0.4, -0.2) is 32.1 Å². The Labute approximate surface area is 106 Å². The quantitative estimate of drug-likeness (QED) is 0.373. The van der Waals surface area contributed by atoms with E-state index in [0.29, 0.717) is 0 Å². The molecule has 18 heavy (non-hydrogen) atoms. The molecule has 8 nitrogen and oxygen atoms in total. The van der Waals surface area contributed by atoms with Gasteiger partial charge in [-0.1, -0.05) is 6.58 Å². The molecule has 1 unspecified atom stereocenters. The summed E-state index contributed by atoms with van der Waals surface area (Å²) in [4.78, 5) is 11.0. The van der Waals surface area contributed by atoms with E-state index in [1.54, 1.807) is 13.8 Å². The SMILES string of the molecule is C=COC(=O)NC(N)COP(=O)(OCC)OCC. The molecule has 0 fully saturated rings. The maximum Gasteiger partial charge on any atom is 0.474 e. The van der Waals surface area contributed by atoms with E-state index in [1.165, 1.54) is 0 Å². The fourth-order valence-electron chi connectivity index (χ4n) is 0.902. The zero-order valence-corrected chi connectivity index (χ0v) is 11.4. The van der Waals surface area contributed by atoms with Gasteiger partial charge in [0.25, 0.3) is 0 Å². The van der Waals surface area contributed by atoms with Crippen LogP contribution in [0.3, 0.4) is 0 Å². The van der Waals surface area contributed by atoms with Crippen LogP contribution in [0.25, 0.3) is 0 Å². The molecule has 0 spiro atoms. The number of rotatable bonds is 9. The van der Waals surface area contributed by atoms with E-state index in [2.05, 4.69) is 16.6 Å². The second kappa shape index (κ2) is 9.07. The third-order valence-electron chi connectivity index (χ3n) is 1.48. The minimum atomic E-state index is -3.62. The fourth-order valence-corrected chi connectivity index (χ4v) is 2.10. The van der Waals surface area contributed by atoms with Crippen LogP contribution in [0, 0.1) is 0 Å². The molecule has 1 amide bonds. The number of carbonyl (C=O) groups excluding carboxylic acids is 1. The third kappa shape index (κ3) is 7.41. The largest absolute Gasteiger partial charge is 0.474 e. The highest BCUT2D eigenvalue weighted by Crippen LogP contribution is 2.49. The van der Waals surface area contributed by atoms with E-state index >= 15 is 0 Å². The van der Waals surface area contributed by atoms with Crippen molar-refractivity contribution in [2.45, 2.75) is 20.0 Å². The molecule has 0 saturated carbocycles. The van der Waals surface area contributed by atoms with Crippen LogP contribution in [0.1, 0.15) is 13.8 Å². The molecule has 0 radical (unpaired) electrons. The molecular weight excluding hydrogens is 263 g/mol. The van der Waals surface area contributed by atoms with E-state index in [-0.39, 0.29) is 19.8 Å². The molecule has 0 aliphatic carbocycles. The van der Waals surface area contributed by atoms with Crippen LogP contribution < -0.4 is 11.1 Å². The van der Waals surface area contributed by atoms with Gasteiger partial charge < -0.3 is 15.8 Å². The molecule has 0 aliphatic rings. The average Bonchev–Trinajstić information content (AvgIpc) is 2.27. The maximum atomic E-state index is 11.8. The predicted octanol–water partition coefficient (Wildman–Crippen LogP) is 1.34. The van der Waals surface area contributed by atoms with Crippen molar-refractivity contribution < 1.29 is 27.7 Å². The van der Waals surface area contributed by atoms with Crippen LogP contribution in [0.15, 0.2) is 12.8 Å². The minimum Gasteiger partial charge on any atom is -0.419 e. The second-order valence-electron chi connectivity index (χ2n) is 2.90. The summed E-state index contributed by atoms with van der Waals surface area (Å²) < 4.78 is 30.9. The molecule has 9 heteroatoms. The number of phosphoric ester groups is 1. The fraction of sp³-hybridized carbons (Fsp3) is 0.667. The smallest absolute Gasteiger partial charge is 0.419 e. The first-order valence-corrected chi connectivity index (χ1v) is 6.80. The molecule has 106 valence electrons. The van der Waals surface area contributed by atoms with Gasteiger partial charge in [0, 0.05) is 0 Å². The summed E-state index contributed by atoms with van der Waals surface area (Å²) in [6.07, 6.45) is -0.746. The Kier molecular flexibility index (Phi) is 8.61. The first-order chi connectivity index (χ1) is 8.47. The van der Waals surface area contributed by atoms with Gasteiger partial charge in [0.2, 0.25) is 0 Å². The standard InChI is InChI=1S/C9H19N2O6P/c1-4-14-9(12)11-8(10)7-17-18(13,15-5-2)16-6-3/h4,8H,1,5-7,10H2,2-3H3,(H,11,12). The second-order valence-corrected chi connectivity index (χ2v) is 4.57. The Morgan fingerprint density at radius 2 is 1.94 bits per heavy atom. The molecule has 0 saturated heterocycles. The highest BCUT2D eigenvalue weighted by atomic mass is 31.2. The predicted molar refractivity (Wildman–Crippen MR) is 64.6 cm³/mol. The first kappa shape index (κ1) is 17.1. The van der Waals surface area contributed by atoms with Gasteiger partial charge in [0.05, 0.1) is 26.1 Å². The highest BCUT2D eigenvalue weighted by Gasteiger charge is 2.26. The number of nitrogens with one attached hydrogen (secondary N) is 1. The first-order valence-electron chi connectivity index (χ1n) is 5.34. The van der Waals surface area contributed by atoms with Gasteiger partial charge in [-0.3, -0.25) is 13.6 Å². The lowest BCUT2D eigenvalue weighted by atomic mass is 10.6. The van der Waals surface area contributed by atoms with E-state index in [9.17, 15) is 9.36 Å². The Hall–Kier alpha value is -0.920. The summed E-state index contributed by atoms with van der Waals surface area (Å²) in [5.41, 5.74) is 5.50. The van der Waals surface area contributed by atoms with Gasteiger partial charge in [0.1, 0.15) is 6.17 Å². The highest BCUT2D eigenvalue weighted by molar-refractivity contribution is 7.48. The third-order valence-corrected chi connectivity index (χ3v) is 3.09. The average molecular weight is 282 g/mol. The van der Waals surface area contributed by atoms with Crippen molar-refractivity contribution >= 4 is 13.9 Å². The van der Waals surface area contributed by atoms with Crippen LogP contribution in [0.2, 0.25) is 0 Å². The molecule has 1 atom stereocenters. The zero-order chi connectivity index (χ0) is 14.0. The van der Waals surface area contributed by atoms with Gasteiger partial charge >= 0.3 is 13.9 Å². The number of phosphoric acid groups is 1. The lowest BCUT2D eigenvalue weighted by molar-refractivity contribution is 0.110. The van der Waals surface area contributed by atoms with Crippen LogP contribution >= 0.6 is 7.82 Å². The van der Waals surface area contributed by atoms with E-state index < -0.39 is 20.1 Å². The summed E-state index contributed by atoms with van der Waals surface area (Å²) in [6.45, 7) is 6.58. The van der Waals surface area contributed by atoms with Gasteiger partial charge in [-0.2, -0.15) is 0 Å². The van der Waals surface area contributed by atoms with E-state index in [1.807, 2.05) is 0 Å². The van der Waals surface area contributed by atoms with Crippen LogP contribution in [0.4, 0.5) is 4.79 Å². The Morgan fingerprint density at radius 1 is 1.39 bits per heavy atom. The molecule has 0 rings (SSSR count). The van der Waals surface area contributed by atoms with Crippen LogP contribution in [0.5, 0.6) is 0 Å². The number of carbonyl (C=O) groups is 1. The van der Waals surface area contributed by atoms with Gasteiger partial charge in [-0.15, -0.1) is 0 Å². The van der Waals surface area contributed by atoms with Crippen molar-refractivity contribution in [2.75, 3.05) is 19.8 Å². The minimum absolute atomic E-state index is 0.165. The lowest BCUT2D eigenvalue weighted by Crippen LogP contribution is -2.44. The number of alkyl carbamates (subject to hydrolysis) is 1. The van der Waals surface area contributed by atoms with Gasteiger partial charge in [-0.05, 0) is 13.8 Å². The lowest BCUT2D eigenvalue weighted by Gasteiger charge is -2.19. The normalized spacial score (nSPS) is 12.8. The summed E-state index contributed by atoms with van der Waals surface area (Å²) in [5, 5.41) is 2.23. The van der Waals surface area contributed by atoms with Crippen molar-refractivity contribution in [3.05, 3.63) is 12.8 Å². The number of hydrogen-bond donors (Lipinski definition) is 2. The molecule has 0 aromatic carbocycles. The monoisotopic (exact) mass is 282 g/mol. The van der Waals surface area contributed by atoms with Gasteiger partial charge in [-0.25, -0.2) is 9.36 Å². The molecule has 0 aromatic rings. The van der Waals surface area contributed by atoms with Gasteiger partial charge in [0.15, 0.2) is 0 Å². The topological polar surface area (TPSA) is 109 Å². The molecule has 0 heterocycles. The summed E-state index contributed by atoms with van der Waals surface area (Å²) >= 11 is 0. The maximum absolute atomic E-state index is 11.8. The van der Waals surface area contributed by atoms with E-state index in [4.69, 9.17) is 19.3 Å². The van der Waals surface area contributed by atoms with Crippen molar-refractivity contribution in [1.29, 1.82) is 0 Å². The molecule has 0 aromatic heterocycles. The number of nitrogens with two attached hydrogens (primary N) is 1. The van der Waals surface area contributed by atoms with E-state index in [0.717, 1.165) is 6.26 Å². The Balaban J connectivity index is 4.14. The van der Waals surface area contributed by atoms with Crippen molar-refractivity contribution in [3.63, 3.8) is 0 Å². The number of ether oxygens (including phenoxy) is 1. The van der Waals surface area contributed by atoms with Crippen molar-refractivity contribution in [3.8, 4) is 0 Å².